The van der Waals surface area contributed by atoms with E-state index in [0.717, 1.165) is 57.4 Å². The summed E-state index contributed by atoms with van der Waals surface area (Å²) >= 11 is 0. The molecule has 3 rings (SSSR count). The first kappa shape index (κ1) is 17.5. The van der Waals surface area contributed by atoms with Crippen LogP contribution in [0.4, 0.5) is 11.5 Å². The second-order valence-electron chi connectivity index (χ2n) is 6.74. The zero-order valence-corrected chi connectivity index (χ0v) is 14.5. The summed E-state index contributed by atoms with van der Waals surface area (Å²) < 4.78 is 0. The highest BCUT2D eigenvalue weighted by Gasteiger charge is 2.19. The van der Waals surface area contributed by atoms with Crippen molar-refractivity contribution >= 4 is 17.3 Å². The highest BCUT2D eigenvalue weighted by molar-refractivity contribution is 5.97. The Hall–Kier alpha value is -2.32. The van der Waals surface area contributed by atoms with Gasteiger partial charge in [0, 0.05) is 25.2 Å². The van der Waals surface area contributed by atoms with E-state index in [1.807, 2.05) is 6.08 Å². The molecule has 1 aromatic rings. The first-order valence-electron chi connectivity index (χ1n) is 9.11. The fourth-order valence-electron chi connectivity index (χ4n) is 3.56. The Bertz CT molecular complexity index is 686. The number of hydrogen-bond acceptors (Lipinski definition) is 5. The lowest BCUT2D eigenvalue weighted by Gasteiger charge is -2.30. The summed E-state index contributed by atoms with van der Waals surface area (Å²) in [5.41, 5.74) is 4.09. The lowest BCUT2D eigenvalue weighted by atomic mass is 9.86. The summed E-state index contributed by atoms with van der Waals surface area (Å²) in [6, 6.07) is 3.59. The van der Waals surface area contributed by atoms with Crippen LogP contribution >= 0.6 is 0 Å². The fourth-order valence-corrected chi connectivity index (χ4v) is 3.56. The van der Waals surface area contributed by atoms with Crippen molar-refractivity contribution in [3.63, 3.8) is 0 Å². The lowest BCUT2D eigenvalue weighted by molar-refractivity contribution is -0.118. The molecule has 0 amide bonds. The first-order valence-corrected chi connectivity index (χ1v) is 9.11. The Morgan fingerprint density at radius 2 is 2.04 bits per heavy atom. The molecule has 2 aliphatic rings. The molecule has 0 unspecified atom stereocenters. The molecule has 1 saturated carbocycles. The summed E-state index contributed by atoms with van der Waals surface area (Å²) in [7, 11) is 0. The van der Waals surface area contributed by atoms with Gasteiger partial charge in [-0.15, -0.1) is 0 Å². The van der Waals surface area contributed by atoms with Crippen LogP contribution < -0.4 is 10.4 Å². The van der Waals surface area contributed by atoms with Crippen molar-refractivity contribution in [1.82, 2.24) is 4.98 Å². The number of Topliss-reactive ketones (excluding diaryl/α,β-unsaturated/α-hetero) is 1. The zero-order valence-electron chi connectivity index (χ0n) is 14.5. The van der Waals surface area contributed by atoms with Crippen molar-refractivity contribution in [3.8, 4) is 11.8 Å². The standard InChI is InChI=1S/C20H25N3O2/c24-19(17-7-2-1-3-8-17)10-4-6-16-11-14-23(15-12-16)20-18(22-25)9-5-13-21-20/h5-6,9,13,17,22,25H,1-3,7-8,11-12,14-15H2. The van der Waals surface area contributed by atoms with E-state index in [0.29, 0.717) is 5.69 Å². The van der Waals surface area contributed by atoms with Crippen LogP contribution in [0.3, 0.4) is 0 Å². The molecule has 0 aromatic carbocycles. The fraction of sp³-hybridized carbons (Fsp3) is 0.500. The molecule has 1 aromatic heterocycles. The first-order chi connectivity index (χ1) is 12.3. The molecule has 5 nitrogen and oxygen atoms in total. The minimum atomic E-state index is 0.112. The Morgan fingerprint density at radius 1 is 1.28 bits per heavy atom. The van der Waals surface area contributed by atoms with E-state index < -0.39 is 0 Å². The number of rotatable bonds is 3. The summed E-state index contributed by atoms with van der Waals surface area (Å²) in [6.07, 6.45) is 11.0. The van der Waals surface area contributed by atoms with Gasteiger partial charge in [0.2, 0.25) is 5.78 Å². The molecule has 2 N–H and O–H groups in total. The van der Waals surface area contributed by atoms with Crippen LogP contribution in [0, 0.1) is 17.8 Å². The number of pyridine rings is 1. The van der Waals surface area contributed by atoms with E-state index in [1.165, 1.54) is 12.0 Å². The monoisotopic (exact) mass is 339 g/mol. The molecule has 2 heterocycles. The van der Waals surface area contributed by atoms with Gasteiger partial charge in [0.15, 0.2) is 5.82 Å². The van der Waals surface area contributed by atoms with Gasteiger partial charge < -0.3 is 4.90 Å². The number of carbonyl (C=O) groups is 1. The number of carbonyl (C=O) groups excluding carboxylic acids is 1. The van der Waals surface area contributed by atoms with Gasteiger partial charge in [-0.1, -0.05) is 30.8 Å². The van der Waals surface area contributed by atoms with Gasteiger partial charge >= 0.3 is 0 Å². The molecule has 1 aliphatic heterocycles. The minimum absolute atomic E-state index is 0.112. The number of hydrogen-bond donors (Lipinski definition) is 2. The summed E-state index contributed by atoms with van der Waals surface area (Å²) in [5, 5.41) is 9.20. The predicted molar refractivity (Wildman–Crippen MR) is 98.5 cm³/mol. The molecule has 25 heavy (non-hydrogen) atoms. The Morgan fingerprint density at radius 3 is 2.76 bits per heavy atom. The number of nitrogens with one attached hydrogen (secondary N) is 1. The maximum absolute atomic E-state index is 12.1. The van der Waals surface area contributed by atoms with E-state index in [9.17, 15) is 10.0 Å². The van der Waals surface area contributed by atoms with Gasteiger partial charge in [-0.25, -0.2) is 4.98 Å². The van der Waals surface area contributed by atoms with E-state index in [2.05, 4.69) is 27.2 Å². The second kappa shape index (κ2) is 8.68. The zero-order chi connectivity index (χ0) is 17.5. The SMILES string of the molecule is O=C(C#CC=C1CCN(c2ncccc2NO)CC1)C1CCCCC1. The molecule has 0 spiro atoms. The third kappa shape index (κ3) is 4.61. The van der Waals surface area contributed by atoms with Crippen LogP contribution in [0.2, 0.25) is 0 Å². The third-order valence-corrected chi connectivity index (χ3v) is 5.06. The molecule has 132 valence electrons. The van der Waals surface area contributed by atoms with Crippen LogP contribution in [0.15, 0.2) is 30.0 Å². The Labute approximate surface area is 149 Å². The Kier molecular flexibility index (Phi) is 6.08. The molecule has 5 heteroatoms. The van der Waals surface area contributed by atoms with Crippen LogP contribution in [0.25, 0.3) is 0 Å². The van der Waals surface area contributed by atoms with E-state index in [-0.39, 0.29) is 11.7 Å². The molecular weight excluding hydrogens is 314 g/mol. The van der Waals surface area contributed by atoms with Crippen LogP contribution in [-0.2, 0) is 4.79 Å². The molecule has 2 fully saturated rings. The van der Waals surface area contributed by atoms with Crippen molar-refractivity contribution in [3.05, 3.63) is 30.0 Å². The second-order valence-corrected chi connectivity index (χ2v) is 6.74. The third-order valence-electron chi connectivity index (χ3n) is 5.06. The highest BCUT2D eigenvalue weighted by Crippen LogP contribution is 2.27. The van der Waals surface area contributed by atoms with Crippen LogP contribution in [0.5, 0.6) is 0 Å². The smallest absolute Gasteiger partial charge is 0.208 e. The van der Waals surface area contributed by atoms with Crippen molar-refractivity contribution < 1.29 is 10.0 Å². The van der Waals surface area contributed by atoms with Gasteiger partial charge in [-0.2, -0.15) is 0 Å². The van der Waals surface area contributed by atoms with Gasteiger partial charge in [0.25, 0.3) is 0 Å². The minimum Gasteiger partial charge on any atom is -0.354 e. The summed E-state index contributed by atoms with van der Waals surface area (Å²) in [4.78, 5) is 18.6. The van der Waals surface area contributed by atoms with E-state index in [4.69, 9.17) is 0 Å². The number of anilines is 2. The van der Waals surface area contributed by atoms with Crippen molar-refractivity contribution in [2.75, 3.05) is 23.5 Å². The largest absolute Gasteiger partial charge is 0.354 e. The van der Waals surface area contributed by atoms with Crippen molar-refractivity contribution in [2.24, 2.45) is 5.92 Å². The van der Waals surface area contributed by atoms with E-state index in [1.54, 1.807) is 18.3 Å². The number of nitrogens with zero attached hydrogens (tertiary/aromatic N) is 2. The molecule has 1 saturated heterocycles. The van der Waals surface area contributed by atoms with Crippen LogP contribution in [-0.4, -0.2) is 29.1 Å². The van der Waals surface area contributed by atoms with Crippen molar-refractivity contribution in [2.45, 2.75) is 44.9 Å². The topological polar surface area (TPSA) is 65.5 Å². The normalized spacial score (nSPS) is 18.3. The predicted octanol–water partition coefficient (Wildman–Crippen LogP) is 3.56. The summed E-state index contributed by atoms with van der Waals surface area (Å²) in [5.74, 6) is 6.85. The number of ketones is 1. The molecular formula is C20H25N3O2. The quantitative estimate of drug-likeness (QED) is 0.501. The number of piperidine rings is 1. The molecule has 1 aliphatic carbocycles. The average molecular weight is 339 g/mol. The number of allylic oxidation sites excluding steroid dienone is 1. The van der Waals surface area contributed by atoms with Gasteiger partial charge in [0.1, 0.15) is 5.69 Å². The highest BCUT2D eigenvalue weighted by atomic mass is 16.5. The van der Waals surface area contributed by atoms with Crippen molar-refractivity contribution in [1.29, 1.82) is 0 Å². The van der Waals surface area contributed by atoms with Crippen LogP contribution in [0.1, 0.15) is 44.9 Å². The van der Waals surface area contributed by atoms with E-state index >= 15 is 0 Å². The van der Waals surface area contributed by atoms with Gasteiger partial charge in [0.05, 0.1) is 0 Å². The average Bonchev–Trinajstić information content (AvgIpc) is 2.69. The molecule has 0 radical (unpaired) electrons. The molecule has 0 atom stereocenters. The maximum Gasteiger partial charge on any atom is 0.208 e. The number of aromatic nitrogens is 1. The summed E-state index contributed by atoms with van der Waals surface area (Å²) in [6.45, 7) is 1.66. The lowest BCUT2D eigenvalue weighted by Crippen LogP contribution is -2.31. The van der Waals surface area contributed by atoms with Gasteiger partial charge in [-0.05, 0) is 49.8 Å². The Balaban J connectivity index is 1.54. The maximum atomic E-state index is 12.1. The molecule has 0 bridgehead atoms. The van der Waals surface area contributed by atoms with Gasteiger partial charge in [-0.3, -0.25) is 15.5 Å².